The lowest BCUT2D eigenvalue weighted by molar-refractivity contribution is -0.130. The molecule has 6 heteroatoms. The van der Waals surface area contributed by atoms with Gasteiger partial charge < -0.3 is 10.6 Å². The number of carbonyl (C=O) groups excluding carboxylic acids is 2. The molecular formula is C15H23N3O2S. The third-order valence-electron chi connectivity index (χ3n) is 3.89. The lowest BCUT2D eigenvalue weighted by Gasteiger charge is -2.26. The van der Waals surface area contributed by atoms with Gasteiger partial charge in [-0.1, -0.05) is 33.1 Å². The van der Waals surface area contributed by atoms with Gasteiger partial charge in [0.1, 0.15) is 6.04 Å². The molecule has 1 fully saturated rings. The molecule has 1 saturated carbocycles. The van der Waals surface area contributed by atoms with Crippen LogP contribution in [-0.2, 0) is 9.59 Å². The fraction of sp³-hybridized carbons (Fsp3) is 0.667. The van der Waals surface area contributed by atoms with Gasteiger partial charge in [-0.05, 0) is 18.8 Å². The highest BCUT2D eigenvalue weighted by Crippen LogP contribution is 2.24. The summed E-state index contributed by atoms with van der Waals surface area (Å²) in [6, 6.07) is -0.511. The Morgan fingerprint density at radius 2 is 2.00 bits per heavy atom. The van der Waals surface area contributed by atoms with Crippen molar-refractivity contribution in [3.63, 3.8) is 0 Å². The maximum atomic E-state index is 12.3. The number of nitrogens with one attached hydrogen (secondary N) is 2. The highest BCUT2D eigenvalue weighted by atomic mass is 32.1. The van der Waals surface area contributed by atoms with Crippen molar-refractivity contribution < 1.29 is 9.59 Å². The Hall–Kier alpha value is -1.43. The number of hydrogen-bond donors (Lipinski definition) is 2. The first-order valence-corrected chi connectivity index (χ1v) is 8.46. The standard InChI is InChI=1S/C15H23N3O2S/c1-10(2)12(14(20)18-15-16-8-9-21-15)17-13(19)11-6-4-3-5-7-11/h8-12H,3-7H2,1-2H3,(H,17,19)(H,16,18,20). The fourth-order valence-electron chi connectivity index (χ4n) is 2.64. The van der Waals surface area contributed by atoms with Crippen LogP contribution in [0.25, 0.3) is 0 Å². The monoisotopic (exact) mass is 309 g/mol. The highest BCUT2D eigenvalue weighted by molar-refractivity contribution is 7.13. The van der Waals surface area contributed by atoms with Crippen LogP contribution < -0.4 is 10.6 Å². The molecule has 0 aliphatic heterocycles. The van der Waals surface area contributed by atoms with Crippen molar-refractivity contribution in [2.75, 3.05) is 5.32 Å². The van der Waals surface area contributed by atoms with Crippen molar-refractivity contribution in [1.29, 1.82) is 0 Å². The summed E-state index contributed by atoms with van der Waals surface area (Å²) >= 11 is 1.37. The number of rotatable bonds is 5. The van der Waals surface area contributed by atoms with Crippen LogP contribution in [0.2, 0.25) is 0 Å². The van der Waals surface area contributed by atoms with E-state index in [0.717, 1.165) is 25.7 Å². The van der Waals surface area contributed by atoms with E-state index in [2.05, 4.69) is 15.6 Å². The number of aromatic nitrogens is 1. The van der Waals surface area contributed by atoms with Crippen LogP contribution in [0.4, 0.5) is 5.13 Å². The average molecular weight is 309 g/mol. The summed E-state index contributed by atoms with van der Waals surface area (Å²) in [5, 5.41) is 8.06. The largest absolute Gasteiger partial charge is 0.344 e. The molecule has 1 aromatic rings. The van der Waals surface area contributed by atoms with Crippen molar-refractivity contribution in [3.8, 4) is 0 Å². The van der Waals surface area contributed by atoms with E-state index in [1.165, 1.54) is 17.8 Å². The fourth-order valence-corrected chi connectivity index (χ4v) is 3.17. The molecule has 1 aliphatic carbocycles. The van der Waals surface area contributed by atoms with Crippen molar-refractivity contribution in [1.82, 2.24) is 10.3 Å². The Morgan fingerprint density at radius 3 is 2.57 bits per heavy atom. The minimum atomic E-state index is -0.511. The van der Waals surface area contributed by atoms with Crippen LogP contribution in [0.15, 0.2) is 11.6 Å². The molecule has 1 heterocycles. The molecule has 5 nitrogen and oxygen atoms in total. The number of anilines is 1. The maximum absolute atomic E-state index is 12.3. The van der Waals surface area contributed by atoms with Gasteiger partial charge in [0.05, 0.1) is 0 Å². The third kappa shape index (κ3) is 4.52. The molecule has 0 spiro atoms. The smallest absolute Gasteiger partial charge is 0.248 e. The van der Waals surface area contributed by atoms with Crippen molar-refractivity contribution in [2.45, 2.75) is 52.0 Å². The van der Waals surface area contributed by atoms with E-state index < -0.39 is 6.04 Å². The Balaban J connectivity index is 1.94. The van der Waals surface area contributed by atoms with E-state index in [1.54, 1.807) is 11.6 Å². The molecule has 1 unspecified atom stereocenters. The Labute approximate surface area is 129 Å². The summed E-state index contributed by atoms with van der Waals surface area (Å²) in [6.45, 7) is 3.88. The summed E-state index contributed by atoms with van der Waals surface area (Å²) in [5.74, 6) is -0.0723. The number of thiazole rings is 1. The van der Waals surface area contributed by atoms with E-state index in [-0.39, 0.29) is 23.7 Å². The molecule has 2 amide bonds. The molecule has 1 atom stereocenters. The van der Waals surface area contributed by atoms with Gasteiger partial charge in [0.2, 0.25) is 11.8 Å². The number of carbonyl (C=O) groups is 2. The summed E-state index contributed by atoms with van der Waals surface area (Å²) < 4.78 is 0. The van der Waals surface area contributed by atoms with Crippen LogP contribution in [-0.4, -0.2) is 22.8 Å². The normalized spacial score (nSPS) is 17.5. The van der Waals surface area contributed by atoms with Crippen LogP contribution in [0, 0.1) is 11.8 Å². The zero-order valence-corrected chi connectivity index (χ0v) is 13.4. The van der Waals surface area contributed by atoms with Crippen molar-refractivity contribution in [2.24, 2.45) is 11.8 Å². The molecule has 0 saturated heterocycles. The SMILES string of the molecule is CC(C)C(NC(=O)C1CCCCC1)C(=O)Nc1nccs1. The zero-order valence-electron chi connectivity index (χ0n) is 12.6. The van der Waals surface area contributed by atoms with E-state index in [1.807, 2.05) is 13.8 Å². The lowest BCUT2D eigenvalue weighted by atomic mass is 9.88. The number of amides is 2. The van der Waals surface area contributed by atoms with E-state index in [0.29, 0.717) is 5.13 Å². The molecule has 2 N–H and O–H groups in total. The van der Waals surface area contributed by atoms with E-state index in [9.17, 15) is 9.59 Å². The van der Waals surface area contributed by atoms with Gasteiger partial charge in [0, 0.05) is 17.5 Å². The molecule has 0 radical (unpaired) electrons. The molecule has 21 heavy (non-hydrogen) atoms. The van der Waals surface area contributed by atoms with Gasteiger partial charge >= 0.3 is 0 Å². The molecule has 0 aromatic carbocycles. The minimum Gasteiger partial charge on any atom is -0.344 e. The predicted octanol–water partition coefficient (Wildman–Crippen LogP) is 2.80. The van der Waals surface area contributed by atoms with Gasteiger partial charge in [-0.25, -0.2) is 4.98 Å². The van der Waals surface area contributed by atoms with Gasteiger partial charge in [-0.15, -0.1) is 11.3 Å². The summed E-state index contributed by atoms with van der Waals surface area (Å²) in [5.41, 5.74) is 0. The highest BCUT2D eigenvalue weighted by Gasteiger charge is 2.28. The molecule has 2 rings (SSSR count). The van der Waals surface area contributed by atoms with Crippen LogP contribution in [0.5, 0.6) is 0 Å². The lowest BCUT2D eigenvalue weighted by Crippen LogP contribution is -2.49. The maximum Gasteiger partial charge on any atom is 0.248 e. The van der Waals surface area contributed by atoms with Gasteiger partial charge in [-0.2, -0.15) is 0 Å². The van der Waals surface area contributed by atoms with Gasteiger partial charge in [-0.3, -0.25) is 9.59 Å². The number of hydrogen-bond acceptors (Lipinski definition) is 4. The number of nitrogens with zero attached hydrogens (tertiary/aromatic N) is 1. The average Bonchev–Trinajstić information content (AvgIpc) is 2.97. The Morgan fingerprint density at radius 1 is 1.29 bits per heavy atom. The first kappa shape index (κ1) is 15.9. The van der Waals surface area contributed by atoms with Crippen LogP contribution in [0.3, 0.4) is 0 Å². The molecular weight excluding hydrogens is 286 g/mol. The summed E-state index contributed by atoms with van der Waals surface area (Å²) in [4.78, 5) is 28.7. The zero-order chi connectivity index (χ0) is 15.2. The molecule has 1 aromatic heterocycles. The van der Waals surface area contributed by atoms with Gasteiger partial charge in [0.15, 0.2) is 5.13 Å². The second kappa shape index (κ2) is 7.54. The third-order valence-corrected chi connectivity index (χ3v) is 4.57. The second-order valence-corrected chi connectivity index (χ2v) is 6.79. The molecule has 116 valence electrons. The van der Waals surface area contributed by atoms with Crippen LogP contribution in [0.1, 0.15) is 46.0 Å². The van der Waals surface area contributed by atoms with E-state index >= 15 is 0 Å². The molecule has 0 bridgehead atoms. The Kier molecular flexibility index (Phi) is 5.73. The first-order valence-electron chi connectivity index (χ1n) is 7.58. The van der Waals surface area contributed by atoms with E-state index in [4.69, 9.17) is 0 Å². The Bertz CT molecular complexity index is 467. The summed E-state index contributed by atoms with van der Waals surface area (Å²) in [6.07, 6.45) is 6.94. The quantitative estimate of drug-likeness (QED) is 0.878. The predicted molar refractivity (Wildman–Crippen MR) is 84.1 cm³/mol. The van der Waals surface area contributed by atoms with Crippen LogP contribution >= 0.6 is 11.3 Å². The van der Waals surface area contributed by atoms with Crippen molar-refractivity contribution in [3.05, 3.63) is 11.6 Å². The molecule has 1 aliphatic rings. The summed E-state index contributed by atoms with van der Waals surface area (Å²) in [7, 11) is 0. The van der Waals surface area contributed by atoms with Crippen molar-refractivity contribution >= 4 is 28.3 Å². The second-order valence-electron chi connectivity index (χ2n) is 5.89. The first-order chi connectivity index (χ1) is 10.1. The minimum absolute atomic E-state index is 0.0164. The van der Waals surface area contributed by atoms with Gasteiger partial charge in [0.25, 0.3) is 0 Å². The topological polar surface area (TPSA) is 71.1 Å².